The number of imide groups is 1. The van der Waals surface area contributed by atoms with Crippen LogP contribution in [0.1, 0.15) is 18.1 Å². The van der Waals surface area contributed by atoms with E-state index in [1.165, 1.54) is 0 Å². The van der Waals surface area contributed by atoms with E-state index in [-0.39, 0.29) is 11.8 Å². The van der Waals surface area contributed by atoms with Crippen molar-refractivity contribution in [2.24, 2.45) is 0 Å². The molecule has 5 nitrogen and oxygen atoms in total. The number of amides is 2. The third-order valence-corrected chi connectivity index (χ3v) is 7.54. The summed E-state index contributed by atoms with van der Waals surface area (Å²) in [5.74, 6) is 0.711. The number of carbonyl (C=O) groups excluding carboxylic acids is 2. The minimum Gasteiger partial charge on any atom is -0.490 e. The van der Waals surface area contributed by atoms with Crippen molar-refractivity contribution in [1.82, 2.24) is 0 Å². The first kappa shape index (κ1) is 26.2. The first-order valence-corrected chi connectivity index (χ1v) is 13.4. The average molecular weight is 661 g/mol. The van der Waals surface area contributed by atoms with E-state index in [9.17, 15) is 9.59 Å². The molecule has 180 valence electrons. The molecule has 3 aromatic carbocycles. The Balaban J connectivity index is 1.59. The fraction of sp³-hybridized carbons (Fsp3) is 0.120. The molecule has 0 aliphatic carbocycles. The predicted octanol–water partition coefficient (Wildman–Crippen LogP) is 8.47. The minimum absolute atomic E-state index is 0.270. The van der Waals surface area contributed by atoms with Crippen LogP contribution in [0, 0.1) is 3.57 Å². The number of thioether (sulfide) groups is 1. The SMILES string of the molecule is CCOc1cc(/C=C2/SC(=O)N(c3ccc(Cl)cc3)C2=O)cc(I)c1OCc1ccc(Cl)c(Cl)c1. The van der Waals surface area contributed by atoms with E-state index < -0.39 is 5.91 Å². The van der Waals surface area contributed by atoms with Crippen LogP contribution in [0.4, 0.5) is 10.5 Å². The van der Waals surface area contributed by atoms with Crippen molar-refractivity contribution in [2.75, 3.05) is 11.5 Å². The first-order valence-electron chi connectivity index (χ1n) is 10.3. The van der Waals surface area contributed by atoms with Gasteiger partial charge in [0, 0.05) is 5.02 Å². The normalized spacial score (nSPS) is 14.7. The summed E-state index contributed by atoms with van der Waals surface area (Å²) in [5, 5.41) is 1.08. The average Bonchev–Trinajstić information content (AvgIpc) is 3.09. The van der Waals surface area contributed by atoms with E-state index >= 15 is 0 Å². The van der Waals surface area contributed by atoms with E-state index in [1.807, 2.05) is 19.1 Å². The van der Waals surface area contributed by atoms with Gasteiger partial charge in [0.25, 0.3) is 11.1 Å². The van der Waals surface area contributed by atoms with Crippen molar-refractivity contribution in [3.63, 3.8) is 0 Å². The summed E-state index contributed by atoms with van der Waals surface area (Å²) < 4.78 is 12.7. The fourth-order valence-electron chi connectivity index (χ4n) is 3.29. The minimum atomic E-state index is -0.393. The number of carbonyl (C=O) groups is 2. The molecule has 0 aromatic heterocycles. The number of hydrogen-bond donors (Lipinski definition) is 0. The van der Waals surface area contributed by atoms with Crippen LogP contribution in [0.2, 0.25) is 15.1 Å². The van der Waals surface area contributed by atoms with Crippen LogP contribution < -0.4 is 14.4 Å². The van der Waals surface area contributed by atoms with Crippen molar-refractivity contribution >= 4 is 92.1 Å². The summed E-state index contributed by atoms with van der Waals surface area (Å²) in [5.41, 5.74) is 2.04. The highest BCUT2D eigenvalue weighted by molar-refractivity contribution is 14.1. The third-order valence-electron chi connectivity index (χ3n) is 4.88. The Morgan fingerprint density at radius 1 is 0.971 bits per heavy atom. The molecule has 0 bridgehead atoms. The highest BCUT2D eigenvalue weighted by Gasteiger charge is 2.36. The topological polar surface area (TPSA) is 55.8 Å². The summed E-state index contributed by atoms with van der Waals surface area (Å²) in [6.45, 7) is 2.57. The number of nitrogens with zero attached hydrogens (tertiary/aromatic N) is 1. The highest BCUT2D eigenvalue weighted by Crippen LogP contribution is 2.39. The van der Waals surface area contributed by atoms with Crippen molar-refractivity contribution in [3.05, 3.63) is 89.3 Å². The maximum Gasteiger partial charge on any atom is 0.298 e. The van der Waals surface area contributed by atoms with Crippen molar-refractivity contribution < 1.29 is 19.1 Å². The summed E-state index contributed by atoms with van der Waals surface area (Å²) in [7, 11) is 0. The molecule has 1 aliphatic rings. The Labute approximate surface area is 235 Å². The van der Waals surface area contributed by atoms with E-state index in [1.54, 1.807) is 48.5 Å². The van der Waals surface area contributed by atoms with Gasteiger partial charge in [-0.25, -0.2) is 4.90 Å². The quantitative estimate of drug-likeness (QED) is 0.188. The Bertz CT molecular complexity index is 1330. The van der Waals surface area contributed by atoms with Crippen LogP contribution >= 0.6 is 69.2 Å². The largest absolute Gasteiger partial charge is 0.490 e. The molecule has 0 saturated carbocycles. The van der Waals surface area contributed by atoms with E-state index in [2.05, 4.69) is 22.6 Å². The van der Waals surface area contributed by atoms with E-state index in [0.29, 0.717) is 49.3 Å². The highest BCUT2D eigenvalue weighted by atomic mass is 127. The lowest BCUT2D eigenvalue weighted by atomic mass is 10.1. The Morgan fingerprint density at radius 2 is 1.71 bits per heavy atom. The van der Waals surface area contributed by atoms with E-state index in [4.69, 9.17) is 44.3 Å². The molecule has 0 atom stereocenters. The molecule has 1 aliphatic heterocycles. The Hall–Kier alpha value is -1.91. The van der Waals surface area contributed by atoms with Gasteiger partial charge in [-0.05, 0) is 107 Å². The molecule has 4 rings (SSSR count). The summed E-state index contributed by atoms with van der Waals surface area (Å²) >= 11 is 21.1. The van der Waals surface area contributed by atoms with Gasteiger partial charge in [-0.2, -0.15) is 0 Å². The number of ether oxygens (including phenoxy) is 2. The fourth-order valence-corrected chi connectivity index (χ4v) is 5.36. The van der Waals surface area contributed by atoms with Gasteiger partial charge in [0.05, 0.1) is 30.8 Å². The number of benzene rings is 3. The van der Waals surface area contributed by atoms with Crippen LogP contribution in [-0.2, 0) is 11.4 Å². The zero-order valence-corrected chi connectivity index (χ0v) is 23.4. The molecule has 0 unspecified atom stereocenters. The van der Waals surface area contributed by atoms with Gasteiger partial charge in [-0.1, -0.05) is 40.9 Å². The molecular weight excluding hydrogens is 644 g/mol. The summed E-state index contributed by atoms with van der Waals surface area (Å²) in [4.78, 5) is 27.0. The van der Waals surface area contributed by atoms with E-state index in [0.717, 1.165) is 25.8 Å². The van der Waals surface area contributed by atoms with Crippen molar-refractivity contribution in [2.45, 2.75) is 13.5 Å². The second-order valence-electron chi connectivity index (χ2n) is 7.29. The molecule has 0 spiro atoms. The lowest BCUT2D eigenvalue weighted by molar-refractivity contribution is -0.113. The standard InChI is InChI=1S/C25H17Cl3INO4S/c1-2-33-21-11-15(10-20(29)23(21)34-13-14-3-8-18(27)19(28)9-14)12-22-24(31)30(25(32)35-22)17-6-4-16(26)5-7-17/h3-12H,2,13H2,1H3/b22-12+. The lowest BCUT2D eigenvalue weighted by Crippen LogP contribution is -2.27. The van der Waals surface area contributed by atoms with Gasteiger partial charge >= 0.3 is 0 Å². The van der Waals surface area contributed by atoms with Gasteiger partial charge < -0.3 is 9.47 Å². The molecule has 0 N–H and O–H groups in total. The molecule has 10 heteroatoms. The number of anilines is 1. The predicted molar refractivity (Wildman–Crippen MR) is 151 cm³/mol. The second kappa shape index (κ2) is 11.4. The van der Waals surface area contributed by atoms with Crippen LogP contribution in [0.25, 0.3) is 6.08 Å². The van der Waals surface area contributed by atoms with Crippen LogP contribution in [0.15, 0.2) is 59.5 Å². The number of rotatable bonds is 7. The zero-order valence-electron chi connectivity index (χ0n) is 18.2. The van der Waals surface area contributed by atoms with Gasteiger partial charge in [0.1, 0.15) is 6.61 Å². The van der Waals surface area contributed by atoms with Gasteiger partial charge in [-0.15, -0.1) is 0 Å². The summed E-state index contributed by atoms with van der Waals surface area (Å²) in [6, 6.07) is 15.5. The number of hydrogen-bond acceptors (Lipinski definition) is 5. The molecule has 1 saturated heterocycles. The molecule has 0 radical (unpaired) electrons. The Kier molecular flexibility index (Phi) is 8.54. The zero-order chi connectivity index (χ0) is 25.1. The van der Waals surface area contributed by atoms with Crippen molar-refractivity contribution in [3.8, 4) is 11.5 Å². The van der Waals surface area contributed by atoms with Crippen LogP contribution in [0.3, 0.4) is 0 Å². The molecular formula is C25H17Cl3INO4S. The monoisotopic (exact) mass is 659 g/mol. The molecule has 2 amide bonds. The number of halogens is 4. The third kappa shape index (κ3) is 6.09. The molecule has 1 heterocycles. The van der Waals surface area contributed by atoms with Gasteiger partial charge in [0.2, 0.25) is 0 Å². The molecule has 35 heavy (non-hydrogen) atoms. The van der Waals surface area contributed by atoms with Crippen LogP contribution in [-0.4, -0.2) is 17.8 Å². The van der Waals surface area contributed by atoms with Crippen molar-refractivity contribution in [1.29, 1.82) is 0 Å². The second-order valence-corrected chi connectivity index (χ2v) is 10.7. The van der Waals surface area contributed by atoms with Gasteiger partial charge in [0.15, 0.2) is 11.5 Å². The maximum absolute atomic E-state index is 13.0. The smallest absolute Gasteiger partial charge is 0.298 e. The Morgan fingerprint density at radius 3 is 2.40 bits per heavy atom. The molecule has 3 aromatic rings. The molecule has 1 fully saturated rings. The lowest BCUT2D eigenvalue weighted by Gasteiger charge is -2.15. The van der Waals surface area contributed by atoms with Gasteiger partial charge in [-0.3, -0.25) is 9.59 Å². The first-order chi connectivity index (χ1) is 16.8. The maximum atomic E-state index is 13.0. The van der Waals surface area contributed by atoms with Crippen LogP contribution in [0.5, 0.6) is 11.5 Å². The summed E-state index contributed by atoms with van der Waals surface area (Å²) in [6.07, 6.45) is 1.67.